The predicted octanol–water partition coefficient (Wildman–Crippen LogP) is 5.89. The summed E-state index contributed by atoms with van der Waals surface area (Å²) in [6.45, 7) is 7.95. The number of likely N-dealkylation sites (N-methyl/N-ethyl adjacent to an activating group) is 1. The van der Waals surface area contributed by atoms with E-state index < -0.39 is 6.09 Å². The SMILES string of the molecule is CSc1ncc2c(n1)N(C)CCN(c1cccc(OC(CCN(CC(C)(C)C)C(=O)O)c3cccs3)c1)C2=O. The molecule has 3 aromatic rings. The number of anilines is 2. The molecule has 0 fully saturated rings. The van der Waals surface area contributed by atoms with Gasteiger partial charge in [-0.3, -0.25) is 4.79 Å². The van der Waals surface area contributed by atoms with Crippen molar-refractivity contribution in [3.05, 3.63) is 58.4 Å². The van der Waals surface area contributed by atoms with Crippen molar-refractivity contribution in [3.8, 4) is 5.75 Å². The third-order valence-electron chi connectivity index (χ3n) is 6.29. The van der Waals surface area contributed by atoms with Gasteiger partial charge < -0.3 is 24.5 Å². The minimum atomic E-state index is -0.935. The molecular weight excluding hydrogens is 534 g/mol. The highest BCUT2D eigenvalue weighted by Crippen LogP contribution is 2.33. The van der Waals surface area contributed by atoms with E-state index in [4.69, 9.17) is 4.74 Å². The molecule has 1 aromatic carbocycles. The molecule has 4 rings (SSSR count). The maximum Gasteiger partial charge on any atom is 0.407 e. The molecule has 0 radical (unpaired) electrons. The smallest absolute Gasteiger partial charge is 0.407 e. The number of benzene rings is 1. The first kappa shape index (κ1) is 28.7. The monoisotopic (exact) mass is 569 g/mol. The number of carbonyl (C=O) groups excluding carboxylic acids is 1. The van der Waals surface area contributed by atoms with Crippen LogP contribution in [-0.4, -0.2) is 71.5 Å². The van der Waals surface area contributed by atoms with Gasteiger partial charge in [-0.15, -0.1) is 11.3 Å². The summed E-state index contributed by atoms with van der Waals surface area (Å²) in [5.41, 5.74) is 1.03. The summed E-state index contributed by atoms with van der Waals surface area (Å²) in [4.78, 5) is 40.5. The lowest BCUT2D eigenvalue weighted by atomic mass is 9.96. The first-order chi connectivity index (χ1) is 18.6. The maximum atomic E-state index is 13.6. The molecule has 39 heavy (non-hydrogen) atoms. The number of thioether (sulfide) groups is 1. The maximum absolute atomic E-state index is 13.6. The fourth-order valence-electron chi connectivity index (χ4n) is 4.46. The van der Waals surface area contributed by atoms with Crippen LogP contribution in [0.5, 0.6) is 5.75 Å². The van der Waals surface area contributed by atoms with Crippen molar-refractivity contribution in [2.75, 3.05) is 49.3 Å². The molecule has 1 aliphatic rings. The average Bonchev–Trinajstić information content (AvgIpc) is 3.40. The number of hydrogen-bond donors (Lipinski definition) is 1. The van der Waals surface area contributed by atoms with E-state index in [-0.39, 0.29) is 17.4 Å². The molecule has 0 bridgehead atoms. The van der Waals surface area contributed by atoms with Gasteiger partial charge >= 0.3 is 6.09 Å². The average molecular weight is 570 g/mol. The summed E-state index contributed by atoms with van der Waals surface area (Å²) in [6, 6.07) is 11.5. The Kier molecular flexibility index (Phi) is 9.01. The highest BCUT2D eigenvalue weighted by molar-refractivity contribution is 7.98. The van der Waals surface area contributed by atoms with E-state index in [0.717, 1.165) is 10.6 Å². The van der Waals surface area contributed by atoms with Crippen LogP contribution in [0, 0.1) is 5.41 Å². The van der Waals surface area contributed by atoms with Crippen LogP contribution in [-0.2, 0) is 0 Å². The minimum absolute atomic E-state index is 0.152. The molecular formula is C28H35N5O4S2. The topological polar surface area (TPSA) is 99.1 Å². The Labute approximate surface area is 237 Å². The van der Waals surface area contributed by atoms with Gasteiger partial charge in [0.25, 0.3) is 5.91 Å². The van der Waals surface area contributed by atoms with E-state index in [1.54, 1.807) is 22.4 Å². The van der Waals surface area contributed by atoms with Crippen LogP contribution in [0.3, 0.4) is 0 Å². The summed E-state index contributed by atoms with van der Waals surface area (Å²) in [5, 5.41) is 12.4. The molecule has 1 unspecified atom stereocenters. The van der Waals surface area contributed by atoms with E-state index in [2.05, 4.69) is 9.97 Å². The molecule has 11 heteroatoms. The molecule has 208 valence electrons. The van der Waals surface area contributed by atoms with Gasteiger partial charge in [0.1, 0.15) is 23.2 Å². The second-order valence-corrected chi connectivity index (χ2v) is 12.4. The van der Waals surface area contributed by atoms with E-state index in [9.17, 15) is 14.7 Å². The molecule has 3 heterocycles. The standard InChI is InChI=1S/C28H35N5O4S2/c1-28(2,3)18-32(27(35)36)12-11-22(23-10-7-15-39-23)37-20-9-6-8-19(16-20)33-14-13-31(4)24-21(25(33)34)17-29-26(30-24)38-5/h6-10,15-17,22H,11-14,18H2,1-5H3,(H,35,36). The van der Waals surface area contributed by atoms with Crippen LogP contribution in [0.2, 0.25) is 0 Å². The number of ether oxygens (including phenoxy) is 1. The molecule has 0 spiro atoms. The summed E-state index contributed by atoms with van der Waals surface area (Å²) < 4.78 is 6.45. The molecule has 9 nitrogen and oxygen atoms in total. The van der Waals surface area contributed by atoms with Gasteiger partial charge in [-0.1, -0.05) is 44.7 Å². The van der Waals surface area contributed by atoms with Gasteiger partial charge in [-0.25, -0.2) is 14.8 Å². The van der Waals surface area contributed by atoms with Crippen LogP contribution < -0.4 is 14.5 Å². The second kappa shape index (κ2) is 12.3. The quantitative estimate of drug-likeness (QED) is 0.252. The number of fused-ring (bicyclic) bond motifs is 1. The number of carboxylic acid groups (broad SMARTS) is 1. The molecule has 0 saturated heterocycles. The normalized spacial score (nSPS) is 14.5. The van der Waals surface area contributed by atoms with Crippen LogP contribution in [0.25, 0.3) is 0 Å². The first-order valence-corrected chi connectivity index (χ1v) is 14.9. The molecule has 0 aliphatic carbocycles. The Morgan fingerprint density at radius 2 is 2.05 bits per heavy atom. The van der Waals surface area contributed by atoms with E-state index >= 15 is 0 Å². The van der Waals surface area contributed by atoms with Gasteiger partial charge in [0.2, 0.25) is 0 Å². The van der Waals surface area contributed by atoms with Gasteiger partial charge in [-0.2, -0.15) is 0 Å². The number of hydrogen-bond acceptors (Lipinski definition) is 8. The Hall–Kier alpha value is -3.31. The number of amides is 2. The first-order valence-electron chi connectivity index (χ1n) is 12.8. The summed E-state index contributed by atoms with van der Waals surface area (Å²) in [7, 11) is 1.93. The van der Waals surface area contributed by atoms with E-state index in [1.165, 1.54) is 16.7 Å². The third-order valence-corrected chi connectivity index (χ3v) is 7.82. The lowest BCUT2D eigenvalue weighted by Gasteiger charge is -2.29. The molecule has 2 amide bonds. The Morgan fingerprint density at radius 1 is 1.26 bits per heavy atom. The molecule has 1 aliphatic heterocycles. The Balaban J connectivity index is 1.55. The highest BCUT2D eigenvalue weighted by atomic mass is 32.2. The zero-order valence-electron chi connectivity index (χ0n) is 23.0. The van der Waals surface area contributed by atoms with Gasteiger partial charge in [-0.05, 0) is 35.2 Å². The number of thiophene rings is 1. The molecule has 1 atom stereocenters. The van der Waals surface area contributed by atoms with Crippen molar-refractivity contribution in [2.45, 2.75) is 38.5 Å². The zero-order valence-corrected chi connectivity index (χ0v) is 24.6. The van der Waals surface area contributed by atoms with Crippen molar-refractivity contribution in [1.29, 1.82) is 0 Å². The fourth-order valence-corrected chi connectivity index (χ4v) is 5.58. The van der Waals surface area contributed by atoms with Crippen LogP contribution in [0.1, 0.15) is 48.5 Å². The lowest BCUT2D eigenvalue weighted by molar-refractivity contribution is 0.0989. The van der Waals surface area contributed by atoms with Crippen molar-refractivity contribution < 1.29 is 19.4 Å². The third kappa shape index (κ3) is 7.21. The predicted molar refractivity (Wildman–Crippen MR) is 157 cm³/mol. The van der Waals surface area contributed by atoms with Gasteiger partial charge in [0, 0.05) is 62.5 Å². The summed E-state index contributed by atoms with van der Waals surface area (Å²) >= 11 is 3.02. The number of nitrogens with zero attached hydrogens (tertiary/aromatic N) is 5. The Bertz CT molecular complexity index is 1300. The lowest BCUT2D eigenvalue weighted by Crippen LogP contribution is -2.38. The van der Waals surface area contributed by atoms with E-state index in [0.29, 0.717) is 54.9 Å². The minimum Gasteiger partial charge on any atom is -0.485 e. The van der Waals surface area contributed by atoms with Gasteiger partial charge in [0.15, 0.2) is 5.16 Å². The molecule has 2 aromatic heterocycles. The van der Waals surface area contributed by atoms with E-state index in [1.807, 2.05) is 80.8 Å². The largest absolute Gasteiger partial charge is 0.485 e. The fraction of sp³-hybridized carbons (Fsp3) is 0.429. The molecule has 1 N–H and O–H groups in total. The summed E-state index contributed by atoms with van der Waals surface area (Å²) in [5.74, 6) is 1.08. The number of rotatable bonds is 9. The number of aromatic nitrogens is 2. The van der Waals surface area contributed by atoms with Crippen molar-refractivity contribution in [1.82, 2.24) is 14.9 Å². The Morgan fingerprint density at radius 3 is 2.72 bits per heavy atom. The van der Waals surface area contributed by atoms with Crippen LogP contribution >= 0.6 is 23.1 Å². The molecule has 0 saturated carbocycles. The summed E-state index contributed by atoms with van der Waals surface area (Å²) in [6.07, 6.45) is 2.75. The van der Waals surface area contributed by atoms with Gasteiger partial charge in [0.05, 0.1) is 0 Å². The van der Waals surface area contributed by atoms with Crippen molar-refractivity contribution >= 4 is 46.6 Å². The highest BCUT2D eigenvalue weighted by Gasteiger charge is 2.29. The van der Waals surface area contributed by atoms with Crippen molar-refractivity contribution in [2.24, 2.45) is 5.41 Å². The second-order valence-electron chi connectivity index (χ2n) is 10.6. The zero-order chi connectivity index (χ0) is 28.2. The number of carbonyl (C=O) groups is 2. The van der Waals surface area contributed by atoms with Crippen LogP contribution in [0.15, 0.2) is 53.1 Å². The van der Waals surface area contributed by atoms with Crippen LogP contribution in [0.4, 0.5) is 16.3 Å². The van der Waals surface area contributed by atoms with Crippen molar-refractivity contribution in [3.63, 3.8) is 0 Å².